The number of rotatable bonds is 3. The smallest absolute Gasteiger partial charge is 0.224 e. The number of amides is 1. The fourth-order valence-electron chi connectivity index (χ4n) is 2.17. The maximum absolute atomic E-state index is 11.6. The zero-order valence-electron chi connectivity index (χ0n) is 9.07. The van der Waals surface area contributed by atoms with E-state index in [0.29, 0.717) is 12.3 Å². The van der Waals surface area contributed by atoms with E-state index in [0.717, 1.165) is 5.69 Å². The summed E-state index contributed by atoms with van der Waals surface area (Å²) in [5.41, 5.74) is 0.792. The van der Waals surface area contributed by atoms with Crippen LogP contribution in [0.1, 0.15) is 32.1 Å². The maximum atomic E-state index is 11.6. The average Bonchev–Trinajstić information content (AvgIpc) is 2.77. The van der Waals surface area contributed by atoms with Crippen molar-refractivity contribution in [2.45, 2.75) is 32.1 Å². The number of carbonyl (C=O) groups excluding carboxylic acids is 1. The highest BCUT2D eigenvalue weighted by atomic mass is 16.1. The number of aromatic nitrogens is 2. The molecular formula is C11H17N3O. The van der Waals surface area contributed by atoms with Crippen molar-refractivity contribution in [1.82, 2.24) is 9.78 Å². The molecule has 0 radical (unpaired) electrons. The van der Waals surface area contributed by atoms with Gasteiger partial charge in [0.1, 0.15) is 0 Å². The van der Waals surface area contributed by atoms with Gasteiger partial charge in [-0.05, 0) is 18.8 Å². The van der Waals surface area contributed by atoms with Crippen LogP contribution in [0.3, 0.4) is 0 Å². The molecule has 0 atom stereocenters. The van der Waals surface area contributed by atoms with Crippen molar-refractivity contribution >= 4 is 11.6 Å². The van der Waals surface area contributed by atoms with Crippen molar-refractivity contribution in [3.63, 3.8) is 0 Å². The van der Waals surface area contributed by atoms with Gasteiger partial charge < -0.3 is 5.32 Å². The zero-order chi connectivity index (χ0) is 10.7. The first-order valence-corrected chi connectivity index (χ1v) is 5.52. The molecule has 15 heavy (non-hydrogen) atoms. The number of hydrogen-bond donors (Lipinski definition) is 1. The molecule has 1 N–H and O–H groups in total. The Kier molecular flexibility index (Phi) is 3.04. The Balaban J connectivity index is 1.81. The van der Waals surface area contributed by atoms with Crippen molar-refractivity contribution < 1.29 is 4.79 Å². The van der Waals surface area contributed by atoms with Gasteiger partial charge in [0.2, 0.25) is 5.91 Å². The molecule has 0 spiro atoms. The topological polar surface area (TPSA) is 46.9 Å². The van der Waals surface area contributed by atoms with Crippen LogP contribution in [0.4, 0.5) is 5.69 Å². The Morgan fingerprint density at radius 2 is 2.33 bits per heavy atom. The Morgan fingerprint density at radius 1 is 1.60 bits per heavy atom. The lowest BCUT2D eigenvalue weighted by Crippen LogP contribution is -2.14. The summed E-state index contributed by atoms with van der Waals surface area (Å²) in [5.74, 6) is 0.719. The Hall–Kier alpha value is -1.32. The third kappa shape index (κ3) is 2.81. The molecule has 1 aliphatic carbocycles. The predicted molar refractivity (Wildman–Crippen MR) is 58.4 cm³/mol. The van der Waals surface area contributed by atoms with Crippen molar-refractivity contribution in [1.29, 1.82) is 0 Å². The number of anilines is 1. The first-order valence-electron chi connectivity index (χ1n) is 5.52. The Bertz CT molecular complexity index is 339. The molecule has 1 aromatic heterocycles. The molecule has 1 heterocycles. The van der Waals surface area contributed by atoms with Gasteiger partial charge in [0, 0.05) is 19.7 Å². The molecule has 4 nitrogen and oxygen atoms in total. The molecule has 2 rings (SSSR count). The third-order valence-corrected chi connectivity index (χ3v) is 2.94. The minimum Gasteiger partial charge on any atom is -0.323 e. The quantitative estimate of drug-likeness (QED) is 0.823. The van der Waals surface area contributed by atoms with Gasteiger partial charge in [-0.3, -0.25) is 9.48 Å². The van der Waals surface area contributed by atoms with Crippen molar-refractivity contribution in [2.75, 3.05) is 5.32 Å². The van der Waals surface area contributed by atoms with Crippen LogP contribution >= 0.6 is 0 Å². The molecule has 0 aromatic carbocycles. The van der Waals surface area contributed by atoms with Gasteiger partial charge in [0.05, 0.1) is 11.9 Å². The van der Waals surface area contributed by atoms with E-state index in [4.69, 9.17) is 0 Å². The molecule has 1 amide bonds. The molecule has 0 bridgehead atoms. The van der Waals surface area contributed by atoms with Gasteiger partial charge in [-0.2, -0.15) is 5.10 Å². The molecule has 82 valence electrons. The second-order valence-corrected chi connectivity index (χ2v) is 4.31. The van der Waals surface area contributed by atoms with Crippen LogP contribution in [0.2, 0.25) is 0 Å². The van der Waals surface area contributed by atoms with E-state index in [2.05, 4.69) is 10.4 Å². The Labute approximate surface area is 89.7 Å². The van der Waals surface area contributed by atoms with Crippen LogP contribution in [0.5, 0.6) is 0 Å². The van der Waals surface area contributed by atoms with Crippen LogP contribution in [-0.2, 0) is 11.8 Å². The number of nitrogens with zero attached hydrogens (tertiary/aromatic N) is 2. The number of aryl methyl sites for hydroxylation is 1. The summed E-state index contributed by atoms with van der Waals surface area (Å²) in [6.45, 7) is 0. The molecule has 0 unspecified atom stereocenters. The van der Waals surface area contributed by atoms with E-state index in [1.807, 2.05) is 13.2 Å². The molecule has 1 saturated carbocycles. The van der Waals surface area contributed by atoms with Gasteiger partial charge in [0.15, 0.2) is 0 Å². The second kappa shape index (κ2) is 4.47. The second-order valence-electron chi connectivity index (χ2n) is 4.31. The number of hydrogen-bond acceptors (Lipinski definition) is 2. The van der Waals surface area contributed by atoms with Crippen molar-refractivity contribution in [2.24, 2.45) is 13.0 Å². The summed E-state index contributed by atoms with van der Waals surface area (Å²) >= 11 is 0. The maximum Gasteiger partial charge on any atom is 0.224 e. The molecule has 4 heteroatoms. The Morgan fingerprint density at radius 3 is 2.93 bits per heavy atom. The summed E-state index contributed by atoms with van der Waals surface area (Å²) in [7, 11) is 1.84. The van der Waals surface area contributed by atoms with E-state index < -0.39 is 0 Å². The van der Waals surface area contributed by atoms with E-state index in [1.54, 1.807) is 10.9 Å². The standard InChI is InChI=1S/C11H17N3O/c1-14-8-10(7-12-14)13-11(15)6-9-4-2-3-5-9/h7-9H,2-6H2,1H3,(H,13,15). The van der Waals surface area contributed by atoms with E-state index in [-0.39, 0.29) is 5.91 Å². The molecule has 1 aromatic rings. The lowest BCUT2D eigenvalue weighted by Gasteiger charge is -2.07. The van der Waals surface area contributed by atoms with Gasteiger partial charge in [-0.1, -0.05) is 12.8 Å². The van der Waals surface area contributed by atoms with Gasteiger partial charge in [0.25, 0.3) is 0 Å². The lowest BCUT2D eigenvalue weighted by atomic mass is 10.0. The SMILES string of the molecule is Cn1cc(NC(=O)CC2CCCC2)cn1. The normalized spacial score (nSPS) is 16.9. The number of nitrogens with one attached hydrogen (secondary N) is 1. The third-order valence-electron chi connectivity index (χ3n) is 2.94. The average molecular weight is 207 g/mol. The minimum atomic E-state index is 0.120. The summed E-state index contributed by atoms with van der Waals surface area (Å²) in [5, 5.41) is 6.87. The monoisotopic (exact) mass is 207 g/mol. The number of carbonyl (C=O) groups is 1. The zero-order valence-corrected chi connectivity index (χ0v) is 9.07. The molecule has 1 aliphatic rings. The molecule has 0 aliphatic heterocycles. The van der Waals surface area contributed by atoms with Crippen molar-refractivity contribution in [3.8, 4) is 0 Å². The molecule has 0 saturated heterocycles. The van der Waals surface area contributed by atoms with E-state index in [9.17, 15) is 4.79 Å². The highest BCUT2D eigenvalue weighted by molar-refractivity contribution is 5.90. The first kappa shape index (κ1) is 10.2. The van der Waals surface area contributed by atoms with Crippen LogP contribution in [0, 0.1) is 5.92 Å². The lowest BCUT2D eigenvalue weighted by molar-refractivity contribution is -0.117. The largest absolute Gasteiger partial charge is 0.323 e. The van der Waals surface area contributed by atoms with Gasteiger partial charge >= 0.3 is 0 Å². The summed E-state index contributed by atoms with van der Waals surface area (Å²) < 4.78 is 1.69. The highest BCUT2D eigenvalue weighted by Gasteiger charge is 2.18. The van der Waals surface area contributed by atoms with Crippen LogP contribution in [0.15, 0.2) is 12.4 Å². The molecular weight excluding hydrogens is 190 g/mol. The van der Waals surface area contributed by atoms with E-state index >= 15 is 0 Å². The summed E-state index contributed by atoms with van der Waals surface area (Å²) in [6.07, 6.45) is 9.13. The fourth-order valence-corrected chi connectivity index (χ4v) is 2.17. The summed E-state index contributed by atoms with van der Waals surface area (Å²) in [4.78, 5) is 11.6. The van der Waals surface area contributed by atoms with Gasteiger partial charge in [-0.25, -0.2) is 0 Å². The predicted octanol–water partition coefficient (Wildman–Crippen LogP) is 1.94. The highest BCUT2D eigenvalue weighted by Crippen LogP contribution is 2.27. The van der Waals surface area contributed by atoms with Crippen LogP contribution in [0.25, 0.3) is 0 Å². The fraction of sp³-hybridized carbons (Fsp3) is 0.636. The van der Waals surface area contributed by atoms with Crippen molar-refractivity contribution in [3.05, 3.63) is 12.4 Å². The van der Waals surface area contributed by atoms with Crippen LogP contribution in [-0.4, -0.2) is 15.7 Å². The molecule has 1 fully saturated rings. The van der Waals surface area contributed by atoms with Gasteiger partial charge in [-0.15, -0.1) is 0 Å². The van der Waals surface area contributed by atoms with E-state index in [1.165, 1.54) is 25.7 Å². The first-order chi connectivity index (χ1) is 7.24. The van der Waals surface area contributed by atoms with Crippen LogP contribution < -0.4 is 5.32 Å². The summed E-state index contributed by atoms with van der Waals surface area (Å²) in [6, 6.07) is 0. The minimum absolute atomic E-state index is 0.120.